The fraction of sp³-hybridized carbons (Fsp3) is 0.462. The number of rotatable bonds is 7. The van der Waals surface area contributed by atoms with Gasteiger partial charge in [-0.05, 0) is 25.1 Å². The minimum absolute atomic E-state index is 0.0366. The van der Waals surface area contributed by atoms with Crippen LogP contribution in [0.25, 0.3) is 0 Å². The number of nitrogens with two attached hydrogens (primary N) is 1. The van der Waals surface area contributed by atoms with Gasteiger partial charge in [-0.25, -0.2) is 0 Å². The van der Waals surface area contributed by atoms with Crippen molar-refractivity contribution in [1.29, 1.82) is 0 Å². The molecule has 5 nitrogen and oxygen atoms in total. The number of carbonyl (C=O) groups excluding carboxylic acids is 1. The minimum Gasteiger partial charge on any atom is -0.483 e. The molecular weight excluding hydrogens is 312 g/mol. The maximum Gasteiger partial charge on any atom is 0.258 e. The summed E-state index contributed by atoms with van der Waals surface area (Å²) in [4.78, 5) is 11.5. The van der Waals surface area contributed by atoms with Gasteiger partial charge in [0, 0.05) is 29.7 Å². The third kappa shape index (κ3) is 5.59. The molecule has 0 heterocycles. The number of amides is 1. The predicted molar refractivity (Wildman–Crippen MR) is 77.1 cm³/mol. The van der Waals surface area contributed by atoms with E-state index in [0.29, 0.717) is 18.9 Å². The zero-order valence-corrected chi connectivity index (χ0v) is 12.7. The number of carbonyl (C=O) groups is 1. The van der Waals surface area contributed by atoms with Gasteiger partial charge in [0.05, 0.1) is 6.61 Å². The van der Waals surface area contributed by atoms with E-state index in [1.165, 1.54) is 0 Å². The summed E-state index contributed by atoms with van der Waals surface area (Å²) in [6.45, 7) is 2.78. The van der Waals surface area contributed by atoms with Crippen molar-refractivity contribution in [3.63, 3.8) is 0 Å². The standard InChI is InChI=1S/C13H19BrN2O3/c1-9(15)11-7-10(14)3-4-12(11)19-8-13(17)16-5-6-18-2/h3-4,7,9H,5-6,8,15H2,1-2H3,(H,16,17). The van der Waals surface area contributed by atoms with Crippen molar-refractivity contribution in [2.75, 3.05) is 26.9 Å². The van der Waals surface area contributed by atoms with Crippen LogP contribution in [0.1, 0.15) is 18.5 Å². The predicted octanol–water partition coefficient (Wildman–Crippen LogP) is 1.61. The monoisotopic (exact) mass is 330 g/mol. The Hall–Kier alpha value is -1.11. The smallest absolute Gasteiger partial charge is 0.258 e. The molecule has 0 aliphatic rings. The Morgan fingerprint density at radius 1 is 1.53 bits per heavy atom. The topological polar surface area (TPSA) is 73.6 Å². The quantitative estimate of drug-likeness (QED) is 0.745. The Morgan fingerprint density at radius 3 is 2.89 bits per heavy atom. The van der Waals surface area contributed by atoms with Crippen LogP contribution >= 0.6 is 15.9 Å². The van der Waals surface area contributed by atoms with Crippen LogP contribution in [0.5, 0.6) is 5.75 Å². The van der Waals surface area contributed by atoms with Crippen LogP contribution in [-0.2, 0) is 9.53 Å². The molecule has 106 valence electrons. The number of benzene rings is 1. The molecule has 0 saturated carbocycles. The highest BCUT2D eigenvalue weighted by atomic mass is 79.9. The Balaban J connectivity index is 2.55. The summed E-state index contributed by atoms with van der Waals surface area (Å²) in [5, 5.41) is 2.68. The highest BCUT2D eigenvalue weighted by Crippen LogP contribution is 2.27. The summed E-state index contributed by atoms with van der Waals surface area (Å²) in [7, 11) is 1.58. The van der Waals surface area contributed by atoms with E-state index in [2.05, 4.69) is 21.2 Å². The second-order valence-corrected chi connectivity index (χ2v) is 5.02. The minimum atomic E-state index is -0.185. The first-order valence-electron chi connectivity index (χ1n) is 5.98. The molecule has 0 radical (unpaired) electrons. The number of hydrogen-bond donors (Lipinski definition) is 2. The highest BCUT2D eigenvalue weighted by Gasteiger charge is 2.10. The maximum absolute atomic E-state index is 11.5. The lowest BCUT2D eigenvalue weighted by Crippen LogP contribution is -2.31. The summed E-state index contributed by atoms with van der Waals surface area (Å²) >= 11 is 3.38. The van der Waals surface area contributed by atoms with Gasteiger partial charge in [0.15, 0.2) is 6.61 Å². The lowest BCUT2D eigenvalue weighted by Gasteiger charge is -2.14. The molecule has 1 rings (SSSR count). The molecule has 3 N–H and O–H groups in total. The first-order valence-corrected chi connectivity index (χ1v) is 6.77. The zero-order chi connectivity index (χ0) is 14.3. The second kappa shape index (κ2) is 8.14. The molecular formula is C13H19BrN2O3. The molecule has 1 atom stereocenters. The van der Waals surface area contributed by atoms with E-state index in [9.17, 15) is 4.79 Å². The van der Waals surface area contributed by atoms with Gasteiger partial charge in [0.1, 0.15) is 5.75 Å². The molecule has 1 aromatic rings. The van der Waals surface area contributed by atoms with Gasteiger partial charge in [-0.2, -0.15) is 0 Å². The lowest BCUT2D eigenvalue weighted by molar-refractivity contribution is -0.123. The van der Waals surface area contributed by atoms with Crippen LogP contribution in [0.4, 0.5) is 0 Å². The van der Waals surface area contributed by atoms with Crippen molar-refractivity contribution in [1.82, 2.24) is 5.32 Å². The molecule has 0 aromatic heterocycles. The van der Waals surface area contributed by atoms with Crippen molar-refractivity contribution >= 4 is 21.8 Å². The van der Waals surface area contributed by atoms with Gasteiger partial charge >= 0.3 is 0 Å². The van der Waals surface area contributed by atoms with E-state index in [0.717, 1.165) is 10.0 Å². The molecule has 0 bridgehead atoms. The van der Waals surface area contributed by atoms with Crippen LogP contribution in [0.2, 0.25) is 0 Å². The summed E-state index contributed by atoms with van der Waals surface area (Å²) < 4.78 is 11.3. The summed E-state index contributed by atoms with van der Waals surface area (Å²) in [6, 6.07) is 5.38. The van der Waals surface area contributed by atoms with Gasteiger partial charge < -0.3 is 20.5 Å². The Morgan fingerprint density at radius 2 is 2.26 bits per heavy atom. The molecule has 1 amide bonds. The van der Waals surface area contributed by atoms with Crippen molar-refractivity contribution in [3.05, 3.63) is 28.2 Å². The van der Waals surface area contributed by atoms with Crippen molar-refractivity contribution in [3.8, 4) is 5.75 Å². The third-order valence-electron chi connectivity index (χ3n) is 2.45. The van der Waals surface area contributed by atoms with Crippen LogP contribution in [0.3, 0.4) is 0 Å². The number of ether oxygens (including phenoxy) is 2. The van der Waals surface area contributed by atoms with Crippen LogP contribution < -0.4 is 15.8 Å². The fourth-order valence-electron chi connectivity index (χ4n) is 1.49. The summed E-state index contributed by atoms with van der Waals surface area (Å²) in [5.41, 5.74) is 6.73. The molecule has 0 saturated heterocycles. The summed E-state index contributed by atoms with van der Waals surface area (Å²) in [5.74, 6) is 0.440. The molecule has 1 unspecified atom stereocenters. The largest absolute Gasteiger partial charge is 0.483 e. The zero-order valence-electron chi connectivity index (χ0n) is 11.1. The number of hydrogen-bond acceptors (Lipinski definition) is 4. The van der Waals surface area contributed by atoms with E-state index >= 15 is 0 Å². The molecule has 0 aliphatic heterocycles. The first kappa shape index (κ1) is 15.9. The molecule has 0 fully saturated rings. The van der Waals surface area contributed by atoms with Gasteiger partial charge in [0.2, 0.25) is 0 Å². The Bertz CT molecular complexity index is 424. The normalized spacial score (nSPS) is 12.0. The van der Waals surface area contributed by atoms with Gasteiger partial charge in [0.25, 0.3) is 5.91 Å². The van der Waals surface area contributed by atoms with E-state index in [1.807, 2.05) is 19.1 Å². The molecule has 19 heavy (non-hydrogen) atoms. The fourth-order valence-corrected chi connectivity index (χ4v) is 1.87. The van der Waals surface area contributed by atoms with Gasteiger partial charge in [-0.15, -0.1) is 0 Å². The van der Waals surface area contributed by atoms with Gasteiger partial charge in [-0.1, -0.05) is 15.9 Å². The molecule has 0 aliphatic carbocycles. The van der Waals surface area contributed by atoms with Crippen molar-refractivity contribution in [2.45, 2.75) is 13.0 Å². The maximum atomic E-state index is 11.5. The van der Waals surface area contributed by atoms with Crippen molar-refractivity contribution < 1.29 is 14.3 Å². The number of nitrogens with one attached hydrogen (secondary N) is 1. The highest BCUT2D eigenvalue weighted by molar-refractivity contribution is 9.10. The number of halogens is 1. The van der Waals surface area contributed by atoms with E-state index < -0.39 is 0 Å². The molecule has 1 aromatic carbocycles. The van der Waals surface area contributed by atoms with E-state index in [4.69, 9.17) is 15.2 Å². The summed E-state index contributed by atoms with van der Waals surface area (Å²) in [6.07, 6.45) is 0. The third-order valence-corrected chi connectivity index (χ3v) is 2.94. The van der Waals surface area contributed by atoms with E-state index in [-0.39, 0.29) is 18.6 Å². The van der Waals surface area contributed by atoms with E-state index in [1.54, 1.807) is 13.2 Å². The Labute approximate surface area is 121 Å². The average molecular weight is 331 g/mol. The molecule has 6 heteroatoms. The first-order chi connectivity index (χ1) is 9.04. The Kier molecular flexibility index (Phi) is 6.83. The second-order valence-electron chi connectivity index (χ2n) is 4.10. The lowest BCUT2D eigenvalue weighted by atomic mass is 10.1. The number of methoxy groups -OCH3 is 1. The van der Waals surface area contributed by atoms with Crippen LogP contribution in [0, 0.1) is 0 Å². The SMILES string of the molecule is COCCNC(=O)COc1ccc(Br)cc1C(C)N. The van der Waals surface area contributed by atoms with Crippen LogP contribution in [-0.4, -0.2) is 32.8 Å². The average Bonchev–Trinajstić information content (AvgIpc) is 2.37. The molecule has 0 spiro atoms. The van der Waals surface area contributed by atoms with Gasteiger partial charge in [-0.3, -0.25) is 4.79 Å². The van der Waals surface area contributed by atoms with Crippen LogP contribution in [0.15, 0.2) is 22.7 Å². The van der Waals surface area contributed by atoms with Crippen molar-refractivity contribution in [2.24, 2.45) is 5.73 Å².